The Hall–Kier alpha value is -4.66. The third-order valence-corrected chi connectivity index (χ3v) is 10.0. The highest BCUT2D eigenvalue weighted by molar-refractivity contribution is 7.99. The second-order valence-electron chi connectivity index (χ2n) is 13.6. The molecule has 0 radical (unpaired) electrons. The molecule has 0 amide bonds. The summed E-state index contributed by atoms with van der Waals surface area (Å²) in [6.45, 7) is 11.4. The normalized spacial score (nSPS) is 13.6. The van der Waals surface area contributed by atoms with Gasteiger partial charge in [-0.2, -0.15) is 0 Å². The molecular formula is C43H49N3O4S. The van der Waals surface area contributed by atoms with Crippen molar-refractivity contribution in [2.45, 2.75) is 76.5 Å². The number of carbonyl (C=O) groups excluding carboxylic acids is 1. The summed E-state index contributed by atoms with van der Waals surface area (Å²) in [4.78, 5) is 19.5. The smallest absolute Gasteiger partial charge is 0.338 e. The van der Waals surface area contributed by atoms with E-state index >= 15 is 0 Å². The number of carbonyl (C=O) groups is 1. The van der Waals surface area contributed by atoms with Gasteiger partial charge < -0.3 is 19.9 Å². The molecule has 0 bridgehead atoms. The van der Waals surface area contributed by atoms with Crippen molar-refractivity contribution in [1.82, 2.24) is 0 Å². The first kappa shape index (κ1) is 37.6. The summed E-state index contributed by atoms with van der Waals surface area (Å²) in [5, 5.41) is 10.6. The van der Waals surface area contributed by atoms with E-state index in [4.69, 9.17) is 25.4 Å². The van der Waals surface area contributed by atoms with E-state index in [1.807, 2.05) is 19.1 Å². The van der Waals surface area contributed by atoms with Crippen LogP contribution in [0.3, 0.4) is 0 Å². The molecule has 7 nitrogen and oxygen atoms in total. The Morgan fingerprint density at radius 3 is 2.45 bits per heavy atom. The number of benzene rings is 4. The van der Waals surface area contributed by atoms with Crippen molar-refractivity contribution in [2.24, 2.45) is 16.1 Å². The van der Waals surface area contributed by atoms with Gasteiger partial charge in [0.1, 0.15) is 24.0 Å². The average Bonchev–Trinajstić information content (AvgIpc) is 3.41. The van der Waals surface area contributed by atoms with E-state index in [2.05, 4.69) is 87.3 Å². The molecule has 0 aromatic heterocycles. The Labute approximate surface area is 306 Å². The summed E-state index contributed by atoms with van der Waals surface area (Å²) in [6, 6.07) is 26.1. The molecule has 4 aromatic rings. The van der Waals surface area contributed by atoms with Gasteiger partial charge in [0.05, 0.1) is 12.2 Å². The molecule has 0 saturated carbocycles. The molecular weight excluding hydrogens is 655 g/mol. The monoisotopic (exact) mass is 703 g/mol. The number of ether oxygens (including phenoxy) is 3. The van der Waals surface area contributed by atoms with Gasteiger partial charge in [0, 0.05) is 38.8 Å². The van der Waals surface area contributed by atoms with Crippen LogP contribution < -0.4 is 20.9 Å². The third kappa shape index (κ3) is 9.37. The first-order valence-corrected chi connectivity index (χ1v) is 18.5. The SMILES string of the molecule is CCCCC(C)(C)C/C=c1/cc2c(c(-c3cccc(Sc4cccc(CC)c4)c3)/c1=C(/C)Oc1cccc(C(=O)OCCOC)c1)C(N)=NC2=N. The molecule has 0 aliphatic carbocycles. The maximum Gasteiger partial charge on any atom is 0.338 e. The maximum atomic E-state index is 12.8. The number of unbranched alkanes of at least 4 members (excludes halogenated alkanes) is 1. The fraction of sp³-hybridized carbons (Fsp3) is 0.326. The van der Waals surface area contributed by atoms with Gasteiger partial charge in [0.15, 0.2) is 5.84 Å². The van der Waals surface area contributed by atoms with Gasteiger partial charge in [-0.25, -0.2) is 9.79 Å². The Morgan fingerprint density at radius 2 is 1.71 bits per heavy atom. The molecule has 8 heteroatoms. The van der Waals surface area contributed by atoms with Crippen LogP contribution in [0.4, 0.5) is 0 Å². The summed E-state index contributed by atoms with van der Waals surface area (Å²) in [7, 11) is 1.56. The lowest BCUT2D eigenvalue weighted by Gasteiger charge is -2.23. The third-order valence-electron chi connectivity index (χ3n) is 9.06. The summed E-state index contributed by atoms with van der Waals surface area (Å²) in [5.74, 6) is 1.15. The molecule has 1 aliphatic heterocycles. The first-order chi connectivity index (χ1) is 24.5. The minimum atomic E-state index is -0.446. The van der Waals surface area contributed by atoms with Crippen LogP contribution in [0.25, 0.3) is 23.0 Å². The van der Waals surface area contributed by atoms with Crippen molar-refractivity contribution < 1.29 is 19.0 Å². The molecule has 1 aliphatic rings. The van der Waals surface area contributed by atoms with Crippen molar-refractivity contribution >= 4 is 41.2 Å². The lowest BCUT2D eigenvalue weighted by Crippen LogP contribution is -2.34. The number of amidine groups is 2. The van der Waals surface area contributed by atoms with Crippen LogP contribution >= 0.6 is 11.8 Å². The number of esters is 1. The van der Waals surface area contributed by atoms with Crippen LogP contribution in [0.5, 0.6) is 5.75 Å². The largest absolute Gasteiger partial charge is 0.461 e. The maximum absolute atomic E-state index is 12.8. The molecule has 51 heavy (non-hydrogen) atoms. The number of aryl methyl sites for hydroxylation is 1. The molecule has 0 unspecified atom stereocenters. The number of aliphatic imine (C=N–C) groups is 1. The zero-order chi connectivity index (χ0) is 36.5. The zero-order valence-corrected chi connectivity index (χ0v) is 31.4. The number of nitrogens with one attached hydrogen (secondary N) is 1. The highest BCUT2D eigenvalue weighted by atomic mass is 32.2. The number of nitrogens with two attached hydrogens (primary N) is 1. The van der Waals surface area contributed by atoms with E-state index in [0.29, 0.717) is 35.1 Å². The molecule has 0 fully saturated rings. The number of hydrogen-bond acceptors (Lipinski definition) is 7. The first-order valence-electron chi connectivity index (χ1n) is 17.7. The molecule has 266 valence electrons. The predicted molar refractivity (Wildman–Crippen MR) is 209 cm³/mol. The van der Waals surface area contributed by atoms with Gasteiger partial charge in [0.25, 0.3) is 0 Å². The van der Waals surface area contributed by atoms with E-state index in [1.165, 1.54) is 10.5 Å². The van der Waals surface area contributed by atoms with E-state index < -0.39 is 5.97 Å². The number of methoxy groups -OCH3 is 1. The van der Waals surface area contributed by atoms with Crippen LogP contribution in [-0.2, 0) is 15.9 Å². The van der Waals surface area contributed by atoms with Crippen LogP contribution in [0, 0.1) is 10.8 Å². The zero-order valence-electron chi connectivity index (χ0n) is 30.6. The highest BCUT2D eigenvalue weighted by Crippen LogP contribution is 2.34. The second kappa shape index (κ2) is 17.0. The van der Waals surface area contributed by atoms with Gasteiger partial charge in [-0.3, -0.25) is 5.41 Å². The summed E-state index contributed by atoms with van der Waals surface area (Å²) < 4.78 is 17.0. The van der Waals surface area contributed by atoms with Crippen molar-refractivity contribution in [2.75, 3.05) is 20.3 Å². The Bertz CT molecular complexity index is 2070. The molecule has 0 spiro atoms. The van der Waals surface area contributed by atoms with Crippen molar-refractivity contribution in [3.8, 4) is 16.9 Å². The standard InChI is InChI=1S/C43H49N3O4S/c1-7-9-20-43(4,5)21-19-31-27-36-39(41(45)46-40(36)44)38(30-14-12-18-35(26-30)51-34-17-10-13-29(8-2)24-34)37(31)28(3)50-33-16-11-15-32(25-33)42(47)49-23-22-48-6/h10-19,24-27H,7-9,20-23H2,1-6H3,(H3,44,45,46)/b31-19-,37-28-. The lowest BCUT2D eigenvalue weighted by atomic mass is 9.83. The topological polar surface area (TPSA) is 107 Å². The van der Waals surface area contributed by atoms with Gasteiger partial charge >= 0.3 is 5.97 Å². The van der Waals surface area contributed by atoms with Crippen molar-refractivity contribution in [1.29, 1.82) is 5.41 Å². The summed E-state index contributed by atoms with van der Waals surface area (Å²) >= 11 is 1.71. The number of nitrogens with zero attached hydrogens (tertiary/aromatic N) is 1. The predicted octanol–water partition coefficient (Wildman–Crippen LogP) is 8.51. The van der Waals surface area contributed by atoms with Gasteiger partial charge in [-0.05, 0) is 96.5 Å². The van der Waals surface area contributed by atoms with Crippen LogP contribution in [-0.4, -0.2) is 38.0 Å². The molecule has 0 atom stereocenters. The Balaban J connectivity index is 1.71. The molecule has 1 heterocycles. The van der Waals surface area contributed by atoms with Gasteiger partial charge in [-0.1, -0.05) is 88.7 Å². The summed E-state index contributed by atoms with van der Waals surface area (Å²) in [5.41, 5.74) is 11.6. The molecule has 0 saturated heterocycles. The quantitative estimate of drug-likeness (QED) is 0.0950. The number of rotatable bonds is 15. The molecule has 4 aromatic carbocycles. The molecule has 3 N–H and O–H groups in total. The van der Waals surface area contributed by atoms with E-state index in [0.717, 1.165) is 64.1 Å². The van der Waals surface area contributed by atoms with Crippen LogP contribution in [0.15, 0.2) is 93.6 Å². The van der Waals surface area contributed by atoms with E-state index in [9.17, 15) is 4.79 Å². The lowest BCUT2D eigenvalue weighted by molar-refractivity contribution is 0.0388. The average molecular weight is 704 g/mol. The Morgan fingerprint density at radius 1 is 0.961 bits per heavy atom. The summed E-state index contributed by atoms with van der Waals surface area (Å²) in [6.07, 6.45) is 7.47. The van der Waals surface area contributed by atoms with Gasteiger partial charge in [0.2, 0.25) is 0 Å². The van der Waals surface area contributed by atoms with Crippen LogP contribution in [0.2, 0.25) is 0 Å². The fourth-order valence-electron chi connectivity index (χ4n) is 6.26. The Kier molecular flexibility index (Phi) is 12.6. The van der Waals surface area contributed by atoms with E-state index in [1.54, 1.807) is 37.1 Å². The van der Waals surface area contributed by atoms with Gasteiger partial charge in [-0.15, -0.1) is 0 Å². The number of hydrogen-bond donors (Lipinski definition) is 2. The molecule has 5 rings (SSSR count). The van der Waals surface area contributed by atoms with Crippen molar-refractivity contribution in [3.63, 3.8) is 0 Å². The van der Waals surface area contributed by atoms with E-state index in [-0.39, 0.29) is 17.9 Å². The highest BCUT2D eigenvalue weighted by Gasteiger charge is 2.26. The minimum Gasteiger partial charge on any atom is -0.461 e. The van der Waals surface area contributed by atoms with Crippen LogP contribution in [0.1, 0.15) is 87.4 Å². The minimum absolute atomic E-state index is 0.0747. The second-order valence-corrected chi connectivity index (χ2v) is 14.8. The fourth-order valence-corrected chi connectivity index (χ4v) is 7.22. The number of fused-ring (bicyclic) bond motifs is 1. The van der Waals surface area contributed by atoms with Crippen molar-refractivity contribution in [3.05, 3.63) is 112 Å².